The van der Waals surface area contributed by atoms with Crippen LogP contribution in [0.3, 0.4) is 0 Å². The molecule has 0 aromatic carbocycles. The molecule has 0 bridgehead atoms. The van der Waals surface area contributed by atoms with Crippen molar-refractivity contribution >= 4 is 11.8 Å². The number of carbonyl (C=O) groups excluding carboxylic acids is 2. The average molecular weight is 238 g/mol. The van der Waals surface area contributed by atoms with Gasteiger partial charge in [0.15, 0.2) is 0 Å². The van der Waals surface area contributed by atoms with Crippen LogP contribution in [0, 0.1) is 0 Å². The highest BCUT2D eigenvalue weighted by molar-refractivity contribution is 5.88. The molecule has 0 saturated carbocycles. The largest absolute Gasteiger partial charge is 0.337 e. The molecule has 96 valence electrons. The first-order valence-electron chi connectivity index (χ1n) is 5.86. The molecule has 4 nitrogen and oxygen atoms in total. The molecule has 0 N–H and O–H groups in total. The summed E-state index contributed by atoms with van der Waals surface area (Å²) in [5, 5.41) is 0. The second-order valence-corrected chi connectivity index (χ2v) is 3.76. The third-order valence-corrected chi connectivity index (χ3v) is 2.68. The highest BCUT2D eigenvalue weighted by Crippen LogP contribution is 2.04. The van der Waals surface area contributed by atoms with Gasteiger partial charge in [-0.3, -0.25) is 9.59 Å². The standard InChI is InChI=1S/C13H22N2O2/c1-6-12(16)14(8-3)10-11(5)15(9-4)13(17)7-2/h6-7,11H,1-2,8-10H2,3-5H3. The van der Waals surface area contributed by atoms with Crippen LogP contribution in [-0.4, -0.2) is 47.3 Å². The summed E-state index contributed by atoms with van der Waals surface area (Å²) in [6.45, 7) is 14.4. The Labute approximate surface area is 104 Å². The molecule has 0 aromatic rings. The summed E-state index contributed by atoms with van der Waals surface area (Å²) >= 11 is 0. The van der Waals surface area contributed by atoms with Gasteiger partial charge >= 0.3 is 0 Å². The molecule has 0 aliphatic rings. The fourth-order valence-electron chi connectivity index (χ4n) is 1.72. The first kappa shape index (κ1) is 15.4. The van der Waals surface area contributed by atoms with Crippen molar-refractivity contribution in [2.75, 3.05) is 19.6 Å². The van der Waals surface area contributed by atoms with E-state index < -0.39 is 0 Å². The van der Waals surface area contributed by atoms with Crippen molar-refractivity contribution in [1.29, 1.82) is 0 Å². The van der Waals surface area contributed by atoms with Crippen LogP contribution in [0.5, 0.6) is 0 Å². The fraction of sp³-hybridized carbons (Fsp3) is 0.538. The van der Waals surface area contributed by atoms with E-state index in [9.17, 15) is 9.59 Å². The van der Waals surface area contributed by atoms with Gasteiger partial charge in [0.1, 0.15) is 0 Å². The quantitative estimate of drug-likeness (QED) is 0.630. The normalized spacial score (nSPS) is 11.5. The molecule has 1 atom stereocenters. The third-order valence-electron chi connectivity index (χ3n) is 2.68. The predicted octanol–water partition coefficient (Wildman–Crippen LogP) is 1.44. The number of carbonyl (C=O) groups is 2. The summed E-state index contributed by atoms with van der Waals surface area (Å²) in [4.78, 5) is 26.4. The minimum atomic E-state index is -0.110. The Balaban J connectivity index is 4.62. The van der Waals surface area contributed by atoms with Gasteiger partial charge in [-0.25, -0.2) is 0 Å². The van der Waals surface area contributed by atoms with Crippen molar-refractivity contribution < 1.29 is 9.59 Å². The van der Waals surface area contributed by atoms with Gasteiger partial charge in [-0.15, -0.1) is 0 Å². The molecule has 0 aromatic heterocycles. The molecule has 0 spiro atoms. The monoisotopic (exact) mass is 238 g/mol. The Hall–Kier alpha value is -1.58. The van der Waals surface area contributed by atoms with E-state index in [1.165, 1.54) is 12.2 Å². The zero-order valence-electron chi connectivity index (χ0n) is 11.0. The highest BCUT2D eigenvalue weighted by atomic mass is 16.2. The Bertz CT molecular complexity index is 300. The van der Waals surface area contributed by atoms with E-state index in [1.807, 2.05) is 20.8 Å². The van der Waals surface area contributed by atoms with Crippen molar-refractivity contribution in [2.24, 2.45) is 0 Å². The summed E-state index contributed by atoms with van der Waals surface area (Å²) in [6.07, 6.45) is 2.59. The Morgan fingerprint density at radius 2 is 1.65 bits per heavy atom. The van der Waals surface area contributed by atoms with Crippen LogP contribution in [0.4, 0.5) is 0 Å². The number of hydrogen-bond donors (Lipinski definition) is 0. The SMILES string of the molecule is C=CC(=O)N(CC)CC(C)N(CC)C(=O)C=C. The number of nitrogens with zero attached hydrogens (tertiary/aromatic N) is 2. The molecular weight excluding hydrogens is 216 g/mol. The lowest BCUT2D eigenvalue weighted by Gasteiger charge is -2.31. The van der Waals surface area contributed by atoms with E-state index in [2.05, 4.69) is 13.2 Å². The first-order chi connectivity index (χ1) is 8.01. The van der Waals surface area contributed by atoms with Gasteiger partial charge in [0.2, 0.25) is 11.8 Å². The van der Waals surface area contributed by atoms with Crippen LogP contribution < -0.4 is 0 Å². The molecule has 0 radical (unpaired) electrons. The molecule has 0 rings (SSSR count). The van der Waals surface area contributed by atoms with Crippen LogP contribution in [0.1, 0.15) is 20.8 Å². The van der Waals surface area contributed by atoms with Gasteiger partial charge in [0.05, 0.1) is 0 Å². The summed E-state index contributed by atoms with van der Waals surface area (Å²) in [6, 6.07) is -0.0330. The third kappa shape index (κ3) is 4.43. The van der Waals surface area contributed by atoms with Gasteiger partial charge in [-0.2, -0.15) is 0 Å². The molecular formula is C13H22N2O2. The van der Waals surface area contributed by atoms with E-state index in [0.29, 0.717) is 19.6 Å². The molecule has 0 fully saturated rings. The van der Waals surface area contributed by atoms with E-state index >= 15 is 0 Å². The van der Waals surface area contributed by atoms with Crippen LogP contribution in [0.15, 0.2) is 25.3 Å². The summed E-state index contributed by atoms with van der Waals surface area (Å²) in [7, 11) is 0. The Kier molecular flexibility index (Phi) is 6.94. The summed E-state index contributed by atoms with van der Waals surface area (Å²) < 4.78 is 0. The molecule has 0 aliphatic carbocycles. The maximum Gasteiger partial charge on any atom is 0.246 e. The van der Waals surface area contributed by atoms with Gasteiger partial charge < -0.3 is 9.80 Å². The molecule has 4 heteroatoms. The van der Waals surface area contributed by atoms with Crippen molar-refractivity contribution in [3.8, 4) is 0 Å². The number of hydrogen-bond acceptors (Lipinski definition) is 2. The van der Waals surface area contributed by atoms with Crippen molar-refractivity contribution in [2.45, 2.75) is 26.8 Å². The van der Waals surface area contributed by atoms with Gasteiger partial charge in [-0.05, 0) is 32.9 Å². The van der Waals surface area contributed by atoms with Crippen molar-refractivity contribution in [3.63, 3.8) is 0 Å². The maximum absolute atomic E-state index is 11.6. The smallest absolute Gasteiger partial charge is 0.246 e. The molecule has 0 saturated heterocycles. The Morgan fingerprint density at radius 3 is 2.00 bits per heavy atom. The van der Waals surface area contributed by atoms with E-state index in [0.717, 1.165) is 0 Å². The predicted molar refractivity (Wildman–Crippen MR) is 69.5 cm³/mol. The van der Waals surface area contributed by atoms with Gasteiger partial charge in [0.25, 0.3) is 0 Å². The first-order valence-corrected chi connectivity index (χ1v) is 5.86. The Morgan fingerprint density at radius 1 is 1.12 bits per heavy atom. The minimum Gasteiger partial charge on any atom is -0.337 e. The zero-order valence-corrected chi connectivity index (χ0v) is 11.0. The second-order valence-electron chi connectivity index (χ2n) is 3.76. The summed E-state index contributed by atoms with van der Waals surface area (Å²) in [5.74, 6) is -0.219. The van der Waals surface area contributed by atoms with E-state index in [-0.39, 0.29) is 17.9 Å². The van der Waals surface area contributed by atoms with Crippen LogP contribution in [-0.2, 0) is 9.59 Å². The number of amides is 2. The second kappa shape index (κ2) is 7.65. The van der Waals surface area contributed by atoms with Crippen LogP contribution in [0.2, 0.25) is 0 Å². The fourth-order valence-corrected chi connectivity index (χ4v) is 1.72. The molecule has 17 heavy (non-hydrogen) atoms. The maximum atomic E-state index is 11.6. The van der Waals surface area contributed by atoms with Crippen molar-refractivity contribution in [1.82, 2.24) is 9.80 Å². The molecule has 0 heterocycles. The summed E-state index contributed by atoms with van der Waals surface area (Å²) in [5.41, 5.74) is 0. The van der Waals surface area contributed by atoms with Gasteiger partial charge in [-0.1, -0.05) is 13.2 Å². The average Bonchev–Trinajstić information content (AvgIpc) is 2.35. The van der Waals surface area contributed by atoms with Crippen LogP contribution >= 0.6 is 0 Å². The molecule has 1 unspecified atom stereocenters. The highest BCUT2D eigenvalue weighted by Gasteiger charge is 2.19. The minimum absolute atomic E-state index is 0.0330. The van der Waals surface area contributed by atoms with Crippen LogP contribution in [0.25, 0.3) is 0 Å². The number of rotatable bonds is 7. The van der Waals surface area contributed by atoms with E-state index in [1.54, 1.807) is 9.80 Å². The molecule has 0 aliphatic heterocycles. The lowest BCUT2D eigenvalue weighted by atomic mass is 10.2. The lowest BCUT2D eigenvalue weighted by Crippen LogP contribution is -2.46. The lowest BCUT2D eigenvalue weighted by molar-refractivity contribution is -0.131. The number of likely N-dealkylation sites (N-methyl/N-ethyl adjacent to an activating group) is 2. The zero-order chi connectivity index (χ0) is 13.4. The van der Waals surface area contributed by atoms with E-state index in [4.69, 9.17) is 0 Å². The topological polar surface area (TPSA) is 40.6 Å². The molecule has 2 amide bonds. The van der Waals surface area contributed by atoms with Crippen molar-refractivity contribution in [3.05, 3.63) is 25.3 Å². The van der Waals surface area contributed by atoms with Gasteiger partial charge in [0, 0.05) is 25.7 Å².